The van der Waals surface area contributed by atoms with E-state index in [2.05, 4.69) is 41.5 Å². The Kier molecular flexibility index (Phi) is 72.0. The molecule has 0 aromatic heterocycles. The second-order valence-corrected chi connectivity index (χ2v) is 2.14. The van der Waals surface area contributed by atoms with E-state index in [1.807, 2.05) is 20.8 Å². The number of ether oxygens (including phenoxy) is 1. The van der Waals surface area contributed by atoms with E-state index in [4.69, 9.17) is 9.59 Å². The summed E-state index contributed by atoms with van der Waals surface area (Å²) >= 11 is 6.21. The molecule has 15 heavy (non-hydrogen) atoms. The molecule has 0 atom stereocenters. The molecule has 0 saturated heterocycles. The molecule has 0 radical (unpaired) electrons. The number of carbonyl (C=O) groups excluding carboxylic acids is 2. The summed E-state index contributed by atoms with van der Waals surface area (Å²) in [5.74, 6) is 0. The minimum absolute atomic E-state index is 0. The number of carbonyl (C=O) groups is 2. The number of hydrogen-bond acceptors (Lipinski definition) is 3. The molecule has 0 aromatic carbocycles. The number of amides is 2. The van der Waals surface area contributed by atoms with Crippen LogP contribution in [-0.2, 0) is 4.74 Å². The van der Waals surface area contributed by atoms with E-state index in [1.165, 1.54) is 0 Å². The van der Waals surface area contributed by atoms with Crippen LogP contribution in [0.15, 0.2) is 0 Å². The third-order valence-corrected chi connectivity index (χ3v) is 0.289. The zero-order valence-electron chi connectivity index (χ0n) is 11.0. The first-order valence-corrected chi connectivity index (χ1v) is 4.73. The zero-order chi connectivity index (χ0) is 12.6. The maximum Gasteiger partial charge on any atom is 1.00 e. The van der Waals surface area contributed by atoms with Crippen molar-refractivity contribution < 1.29 is 45.3 Å². The molecule has 0 aromatic rings. The van der Waals surface area contributed by atoms with Crippen LogP contribution in [0, 0.1) is 0 Å². The van der Waals surface area contributed by atoms with Gasteiger partial charge in [0.2, 0.25) is 0 Å². The van der Waals surface area contributed by atoms with Crippen LogP contribution in [0.25, 0.3) is 0 Å². The molecule has 5 nitrogen and oxygen atoms in total. The Balaban J connectivity index is -0.0000000205. The van der Waals surface area contributed by atoms with Crippen LogP contribution in [0.4, 0.5) is 9.59 Å². The molecule has 0 saturated carbocycles. The summed E-state index contributed by atoms with van der Waals surface area (Å²) in [5.41, 5.74) is 8.67. The summed E-state index contributed by atoms with van der Waals surface area (Å²) in [6.45, 7) is 6.78. The van der Waals surface area contributed by atoms with Gasteiger partial charge >= 0.3 is 29.6 Å². The number of thiol groups is 2. The van der Waals surface area contributed by atoms with E-state index >= 15 is 0 Å². The summed E-state index contributed by atoms with van der Waals surface area (Å²) in [7, 11) is 1.68. The molecular formula is C7H21N2NaO3S2. The van der Waals surface area contributed by atoms with Gasteiger partial charge in [0.1, 0.15) is 0 Å². The number of rotatable bonds is 1. The summed E-state index contributed by atoms with van der Waals surface area (Å²) in [6, 6.07) is 0. The van der Waals surface area contributed by atoms with E-state index in [0.717, 1.165) is 6.61 Å². The van der Waals surface area contributed by atoms with Crippen LogP contribution >= 0.6 is 25.3 Å². The Labute approximate surface area is 126 Å². The normalized spacial score (nSPS) is 5.73. The first-order valence-electron chi connectivity index (χ1n) is 3.84. The largest absolute Gasteiger partial charge is 1.00 e. The first kappa shape index (κ1) is 29.6. The zero-order valence-corrected chi connectivity index (χ0v) is 13.8. The number of nitrogens with two attached hydrogens (primary N) is 2. The fraction of sp³-hybridized carbons (Fsp3) is 0.714. The van der Waals surface area contributed by atoms with Crippen molar-refractivity contribution in [1.82, 2.24) is 0 Å². The predicted molar refractivity (Wildman–Crippen MR) is 67.1 cm³/mol. The number of primary amides is 2. The van der Waals surface area contributed by atoms with Gasteiger partial charge < -0.3 is 17.6 Å². The summed E-state index contributed by atoms with van der Waals surface area (Å²) in [4.78, 5) is 18.2. The van der Waals surface area contributed by atoms with Gasteiger partial charge in [-0.05, 0) is 6.92 Å². The van der Waals surface area contributed by atoms with Crippen LogP contribution in [0.3, 0.4) is 0 Å². The molecule has 4 N–H and O–H groups in total. The maximum atomic E-state index is 9.09. The SMILES string of the molecule is CC.CCOC.NC(=O)S.NC(=O)S.[H-].[Na+]. The fourth-order valence-electron chi connectivity index (χ4n) is 0. The molecule has 0 unspecified atom stereocenters. The van der Waals surface area contributed by atoms with Gasteiger partial charge in [-0.3, -0.25) is 9.59 Å². The van der Waals surface area contributed by atoms with Crippen molar-refractivity contribution in [3.05, 3.63) is 0 Å². The molecule has 0 bridgehead atoms. The van der Waals surface area contributed by atoms with Gasteiger partial charge in [-0.2, -0.15) is 0 Å². The monoisotopic (exact) mass is 268 g/mol. The third kappa shape index (κ3) is 905. The van der Waals surface area contributed by atoms with E-state index in [9.17, 15) is 0 Å². The van der Waals surface area contributed by atoms with Crippen LogP contribution < -0.4 is 41.0 Å². The van der Waals surface area contributed by atoms with Gasteiger partial charge in [0, 0.05) is 13.7 Å². The molecular weight excluding hydrogens is 247 g/mol. The third-order valence-electron chi connectivity index (χ3n) is 0.289. The smallest absolute Gasteiger partial charge is 1.00 e. The molecule has 0 fully saturated rings. The average molecular weight is 268 g/mol. The van der Waals surface area contributed by atoms with Crippen LogP contribution in [0.2, 0.25) is 0 Å². The van der Waals surface area contributed by atoms with Crippen molar-refractivity contribution in [1.29, 1.82) is 0 Å². The molecule has 0 spiro atoms. The summed E-state index contributed by atoms with van der Waals surface area (Å²) in [6.07, 6.45) is 0. The van der Waals surface area contributed by atoms with Crippen molar-refractivity contribution in [2.24, 2.45) is 11.5 Å². The van der Waals surface area contributed by atoms with E-state index in [1.54, 1.807) is 7.11 Å². The maximum absolute atomic E-state index is 9.09. The second-order valence-electron chi connectivity index (χ2n) is 1.25. The predicted octanol–water partition coefficient (Wildman–Crippen LogP) is -1.21. The van der Waals surface area contributed by atoms with E-state index in [0.29, 0.717) is 0 Å². The number of hydrogen-bond donors (Lipinski definition) is 4. The molecule has 0 aliphatic heterocycles. The molecule has 0 heterocycles. The van der Waals surface area contributed by atoms with E-state index < -0.39 is 10.5 Å². The number of methoxy groups -OCH3 is 1. The topological polar surface area (TPSA) is 95.4 Å². The van der Waals surface area contributed by atoms with Gasteiger partial charge in [0.25, 0.3) is 10.5 Å². The molecule has 0 rings (SSSR count). The van der Waals surface area contributed by atoms with E-state index in [-0.39, 0.29) is 31.0 Å². The molecule has 90 valence electrons. The van der Waals surface area contributed by atoms with Crippen molar-refractivity contribution in [2.75, 3.05) is 13.7 Å². The summed E-state index contributed by atoms with van der Waals surface area (Å²) in [5, 5.41) is -1.28. The second kappa shape index (κ2) is 36.5. The van der Waals surface area contributed by atoms with Gasteiger partial charge in [0.05, 0.1) is 0 Å². The Morgan fingerprint density at radius 2 is 1.27 bits per heavy atom. The first-order chi connectivity index (χ1) is 6.38. The quantitative estimate of drug-likeness (QED) is 0.355. The van der Waals surface area contributed by atoms with Crippen molar-refractivity contribution in [3.8, 4) is 0 Å². The van der Waals surface area contributed by atoms with Crippen molar-refractivity contribution in [2.45, 2.75) is 20.8 Å². The Morgan fingerprint density at radius 1 is 1.20 bits per heavy atom. The van der Waals surface area contributed by atoms with Crippen molar-refractivity contribution in [3.63, 3.8) is 0 Å². The Hall–Kier alpha value is 0.600. The Morgan fingerprint density at radius 3 is 1.27 bits per heavy atom. The minimum Gasteiger partial charge on any atom is -1.00 e. The average Bonchev–Trinajstić information content (AvgIpc) is 2.05. The summed E-state index contributed by atoms with van der Waals surface area (Å²) < 4.78 is 4.54. The molecule has 2 amide bonds. The standard InChI is InChI=1S/C3H8O.C2H6.2CH3NOS.Na.H/c1-3-4-2;1-2;2*2-1(3)4;;/h3H2,1-2H3;1-2H3;2*(H3,2,3,4);;/q;;;;+1;-1. The van der Waals surface area contributed by atoms with Crippen LogP contribution in [0.1, 0.15) is 22.2 Å². The van der Waals surface area contributed by atoms with Gasteiger partial charge in [-0.25, -0.2) is 0 Å². The van der Waals surface area contributed by atoms with Gasteiger partial charge in [-0.1, -0.05) is 39.1 Å². The van der Waals surface area contributed by atoms with Crippen LogP contribution in [-0.4, -0.2) is 24.2 Å². The fourth-order valence-corrected chi connectivity index (χ4v) is 0. The van der Waals surface area contributed by atoms with Crippen LogP contribution in [0.5, 0.6) is 0 Å². The Bertz CT molecular complexity index is 112. The molecule has 8 heteroatoms. The minimum atomic E-state index is -0.639. The molecule has 0 aliphatic carbocycles. The van der Waals surface area contributed by atoms with Gasteiger partial charge in [0.15, 0.2) is 0 Å². The van der Waals surface area contributed by atoms with Gasteiger partial charge in [-0.15, -0.1) is 0 Å². The molecule has 0 aliphatic rings. The van der Waals surface area contributed by atoms with Crippen molar-refractivity contribution >= 4 is 35.7 Å².